The Hall–Kier alpha value is -2.87. The molecular weight excluding hydrogens is 450 g/mol. The first-order valence-corrected chi connectivity index (χ1v) is 11.0. The standard InChI is InChI=1S/C23H18ClN3O2S2/c1-3-11-26-22(28)20(31-23(26)30)13-16-14-27(17-7-5-4-6-8-17)25-21(16)15-9-10-19(29-2)18(24)12-15/h3-10,12-14H,1,11H2,2H3. The van der Waals surface area contributed by atoms with Gasteiger partial charge in [-0.1, -0.05) is 59.9 Å². The van der Waals surface area contributed by atoms with Gasteiger partial charge in [-0.05, 0) is 36.4 Å². The lowest BCUT2D eigenvalue weighted by Gasteiger charge is -2.10. The van der Waals surface area contributed by atoms with Crippen LogP contribution in [0.15, 0.2) is 72.3 Å². The van der Waals surface area contributed by atoms with Gasteiger partial charge in [0.15, 0.2) is 0 Å². The Bertz CT molecular complexity index is 1200. The van der Waals surface area contributed by atoms with Crippen molar-refractivity contribution < 1.29 is 9.53 Å². The zero-order valence-electron chi connectivity index (χ0n) is 16.6. The molecule has 2 heterocycles. The molecule has 1 aliphatic heterocycles. The third-order valence-corrected chi connectivity index (χ3v) is 6.33. The smallest absolute Gasteiger partial charge is 0.266 e. The largest absolute Gasteiger partial charge is 0.495 e. The molecule has 1 amide bonds. The van der Waals surface area contributed by atoms with Crippen molar-refractivity contribution >= 4 is 51.9 Å². The molecule has 0 spiro atoms. The Kier molecular flexibility index (Phi) is 6.27. The summed E-state index contributed by atoms with van der Waals surface area (Å²) < 4.78 is 7.56. The Balaban J connectivity index is 1.82. The number of aromatic nitrogens is 2. The highest BCUT2D eigenvalue weighted by Crippen LogP contribution is 2.36. The van der Waals surface area contributed by atoms with Crippen molar-refractivity contribution in [1.29, 1.82) is 0 Å². The zero-order chi connectivity index (χ0) is 22.0. The van der Waals surface area contributed by atoms with Gasteiger partial charge in [0, 0.05) is 23.9 Å². The minimum Gasteiger partial charge on any atom is -0.495 e. The van der Waals surface area contributed by atoms with Gasteiger partial charge in [0.25, 0.3) is 5.91 Å². The van der Waals surface area contributed by atoms with Crippen LogP contribution in [-0.4, -0.2) is 38.6 Å². The molecule has 3 aromatic rings. The third-order valence-electron chi connectivity index (χ3n) is 4.66. The van der Waals surface area contributed by atoms with Crippen LogP contribution in [0.4, 0.5) is 0 Å². The summed E-state index contributed by atoms with van der Waals surface area (Å²) in [6.07, 6.45) is 5.37. The van der Waals surface area contributed by atoms with Gasteiger partial charge in [-0.25, -0.2) is 4.68 Å². The fourth-order valence-electron chi connectivity index (χ4n) is 3.17. The van der Waals surface area contributed by atoms with Crippen LogP contribution in [0.2, 0.25) is 5.02 Å². The van der Waals surface area contributed by atoms with Crippen LogP contribution < -0.4 is 4.74 Å². The van der Waals surface area contributed by atoms with Crippen LogP contribution in [0, 0.1) is 0 Å². The predicted octanol–water partition coefficient (Wildman–Crippen LogP) is 5.59. The molecular formula is C23H18ClN3O2S2. The fourth-order valence-corrected chi connectivity index (χ4v) is 4.70. The number of para-hydroxylation sites is 1. The van der Waals surface area contributed by atoms with Gasteiger partial charge in [0.05, 0.1) is 22.7 Å². The van der Waals surface area contributed by atoms with Crippen LogP contribution in [0.1, 0.15) is 5.56 Å². The lowest BCUT2D eigenvalue weighted by molar-refractivity contribution is -0.121. The number of ether oxygens (including phenoxy) is 1. The zero-order valence-corrected chi connectivity index (χ0v) is 19.0. The molecule has 0 saturated carbocycles. The van der Waals surface area contributed by atoms with Gasteiger partial charge in [-0.3, -0.25) is 9.69 Å². The van der Waals surface area contributed by atoms with Gasteiger partial charge in [-0.2, -0.15) is 5.10 Å². The molecule has 156 valence electrons. The average molecular weight is 468 g/mol. The second-order valence-electron chi connectivity index (χ2n) is 6.64. The Morgan fingerprint density at radius 3 is 2.71 bits per heavy atom. The normalized spacial score (nSPS) is 15.0. The average Bonchev–Trinajstić information content (AvgIpc) is 3.31. The first-order chi connectivity index (χ1) is 15.0. The molecule has 5 nitrogen and oxygen atoms in total. The van der Waals surface area contributed by atoms with Crippen molar-refractivity contribution in [2.24, 2.45) is 0 Å². The van der Waals surface area contributed by atoms with E-state index < -0.39 is 0 Å². The van der Waals surface area contributed by atoms with E-state index in [1.807, 2.05) is 48.7 Å². The minimum absolute atomic E-state index is 0.138. The molecule has 0 bridgehead atoms. The molecule has 1 aliphatic rings. The molecule has 0 unspecified atom stereocenters. The number of thiocarbonyl (C=S) groups is 1. The molecule has 1 fully saturated rings. The van der Waals surface area contributed by atoms with E-state index in [9.17, 15) is 4.79 Å². The fraction of sp³-hybridized carbons (Fsp3) is 0.0870. The third kappa shape index (κ3) is 4.30. The van der Waals surface area contributed by atoms with Crippen LogP contribution in [-0.2, 0) is 4.79 Å². The Morgan fingerprint density at radius 1 is 1.26 bits per heavy atom. The highest BCUT2D eigenvalue weighted by Gasteiger charge is 2.31. The molecule has 0 radical (unpaired) electrons. The number of halogens is 1. The van der Waals surface area contributed by atoms with E-state index in [2.05, 4.69) is 6.58 Å². The predicted molar refractivity (Wildman–Crippen MR) is 131 cm³/mol. The van der Waals surface area contributed by atoms with Gasteiger partial charge in [0.1, 0.15) is 15.8 Å². The first-order valence-electron chi connectivity index (χ1n) is 9.37. The summed E-state index contributed by atoms with van der Waals surface area (Å²) in [5.41, 5.74) is 3.20. The first kappa shape index (κ1) is 21.4. The highest BCUT2D eigenvalue weighted by atomic mass is 35.5. The van der Waals surface area contributed by atoms with Gasteiger partial charge in [0.2, 0.25) is 0 Å². The number of benzene rings is 2. The van der Waals surface area contributed by atoms with Crippen molar-refractivity contribution in [3.8, 4) is 22.7 Å². The molecule has 0 N–H and O–H groups in total. The minimum atomic E-state index is -0.138. The molecule has 1 saturated heterocycles. The molecule has 2 aromatic carbocycles. The number of amides is 1. The van der Waals surface area contributed by atoms with Crippen molar-refractivity contribution in [2.45, 2.75) is 0 Å². The van der Waals surface area contributed by atoms with Crippen LogP contribution in [0.3, 0.4) is 0 Å². The van der Waals surface area contributed by atoms with E-state index in [0.29, 0.717) is 32.2 Å². The quantitative estimate of drug-likeness (QED) is 0.269. The number of carbonyl (C=O) groups is 1. The van der Waals surface area contributed by atoms with Crippen molar-refractivity contribution in [1.82, 2.24) is 14.7 Å². The highest BCUT2D eigenvalue weighted by molar-refractivity contribution is 8.26. The summed E-state index contributed by atoms with van der Waals surface area (Å²) in [4.78, 5) is 14.9. The van der Waals surface area contributed by atoms with Crippen LogP contribution in [0.5, 0.6) is 5.75 Å². The molecule has 1 aromatic heterocycles. The molecule has 31 heavy (non-hydrogen) atoms. The number of hydrogen-bond acceptors (Lipinski definition) is 5. The number of methoxy groups -OCH3 is 1. The van der Waals surface area contributed by atoms with E-state index in [-0.39, 0.29) is 5.91 Å². The van der Waals surface area contributed by atoms with Crippen molar-refractivity contribution in [2.75, 3.05) is 13.7 Å². The van der Waals surface area contributed by atoms with E-state index >= 15 is 0 Å². The number of rotatable bonds is 6. The summed E-state index contributed by atoms with van der Waals surface area (Å²) in [6.45, 7) is 4.08. The van der Waals surface area contributed by atoms with Crippen molar-refractivity contribution in [3.63, 3.8) is 0 Å². The van der Waals surface area contributed by atoms with Gasteiger partial charge >= 0.3 is 0 Å². The maximum Gasteiger partial charge on any atom is 0.266 e. The van der Waals surface area contributed by atoms with E-state index in [1.165, 1.54) is 16.7 Å². The van der Waals surface area contributed by atoms with Crippen LogP contribution >= 0.6 is 35.6 Å². The summed E-state index contributed by atoms with van der Waals surface area (Å²) in [5.74, 6) is 0.445. The number of nitrogens with zero attached hydrogens (tertiary/aromatic N) is 3. The lowest BCUT2D eigenvalue weighted by Crippen LogP contribution is -2.27. The van der Waals surface area contributed by atoms with E-state index in [0.717, 1.165) is 16.8 Å². The molecule has 4 rings (SSSR count). The van der Waals surface area contributed by atoms with Gasteiger partial charge < -0.3 is 4.74 Å². The lowest BCUT2D eigenvalue weighted by atomic mass is 10.1. The van der Waals surface area contributed by atoms with E-state index in [1.54, 1.807) is 30.0 Å². The van der Waals surface area contributed by atoms with E-state index in [4.69, 9.17) is 33.7 Å². The number of carbonyl (C=O) groups excluding carboxylic acids is 1. The SMILES string of the molecule is C=CCN1C(=O)C(=Cc2cn(-c3ccccc3)nc2-c2ccc(OC)c(Cl)c2)SC1=S. The van der Waals surface area contributed by atoms with Crippen LogP contribution in [0.25, 0.3) is 23.0 Å². The molecule has 0 atom stereocenters. The maximum absolute atomic E-state index is 12.8. The number of thioether (sulfide) groups is 1. The van der Waals surface area contributed by atoms with Gasteiger partial charge in [-0.15, -0.1) is 6.58 Å². The Morgan fingerprint density at radius 2 is 2.03 bits per heavy atom. The van der Waals surface area contributed by atoms with Crippen molar-refractivity contribution in [3.05, 3.63) is 82.9 Å². The second kappa shape index (κ2) is 9.09. The maximum atomic E-state index is 12.8. The Labute approximate surface area is 195 Å². The summed E-state index contributed by atoms with van der Waals surface area (Å²) >= 11 is 13.0. The summed E-state index contributed by atoms with van der Waals surface area (Å²) in [5, 5.41) is 5.26. The topological polar surface area (TPSA) is 47.4 Å². The summed E-state index contributed by atoms with van der Waals surface area (Å²) in [6, 6.07) is 15.3. The molecule has 8 heteroatoms. The monoisotopic (exact) mass is 467 g/mol. The summed E-state index contributed by atoms with van der Waals surface area (Å²) in [7, 11) is 1.57. The number of hydrogen-bond donors (Lipinski definition) is 0. The molecule has 0 aliphatic carbocycles. The second-order valence-corrected chi connectivity index (χ2v) is 8.73.